The van der Waals surface area contributed by atoms with Crippen molar-refractivity contribution in [1.29, 1.82) is 5.26 Å². The van der Waals surface area contributed by atoms with Crippen molar-refractivity contribution < 1.29 is 4.79 Å². The van der Waals surface area contributed by atoms with Crippen LogP contribution in [-0.4, -0.2) is 16.1 Å². The standard InChI is InChI=1S/C10H8N4O/c11-5-4-9(15)13-8-3-1-2-7-6-12-14-10(7)8/h1-3,6H,4H2,(H,12,14)(H,13,15). The lowest BCUT2D eigenvalue weighted by Gasteiger charge is -2.02. The Balaban J connectivity index is 2.32. The normalized spacial score (nSPS) is 9.80. The van der Waals surface area contributed by atoms with Crippen molar-refractivity contribution in [2.45, 2.75) is 6.42 Å². The Labute approximate surface area is 85.7 Å². The molecule has 0 aliphatic rings. The van der Waals surface area contributed by atoms with Crippen molar-refractivity contribution in [1.82, 2.24) is 10.2 Å². The fraction of sp³-hybridized carbons (Fsp3) is 0.100. The van der Waals surface area contributed by atoms with Crippen molar-refractivity contribution >= 4 is 22.5 Å². The zero-order valence-electron chi connectivity index (χ0n) is 7.82. The quantitative estimate of drug-likeness (QED) is 0.769. The molecule has 0 aliphatic carbocycles. The van der Waals surface area contributed by atoms with Gasteiger partial charge in [-0.1, -0.05) is 12.1 Å². The number of rotatable bonds is 2. The molecule has 2 N–H and O–H groups in total. The first-order valence-corrected chi connectivity index (χ1v) is 4.40. The molecule has 0 bridgehead atoms. The van der Waals surface area contributed by atoms with E-state index in [1.165, 1.54) is 0 Å². The highest BCUT2D eigenvalue weighted by molar-refractivity contribution is 6.00. The van der Waals surface area contributed by atoms with E-state index < -0.39 is 0 Å². The van der Waals surface area contributed by atoms with Gasteiger partial charge < -0.3 is 5.32 Å². The second-order valence-electron chi connectivity index (χ2n) is 3.02. The van der Waals surface area contributed by atoms with Gasteiger partial charge in [0.2, 0.25) is 5.91 Å². The molecule has 1 aromatic carbocycles. The molecule has 5 heteroatoms. The fourth-order valence-corrected chi connectivity index (χ4v) is 1.34. The van der Waals surface area contributed by atoms with Gasteiger partial charge in [-0.05, 0) is 6.07 Å². The second-order valence-corrected chi connectivity index (χ2v) is 3.02. The first kappa shape index (κ1) is 9.21. The van der Waals surface area contributed by atoms with Gasteiger partial charge in [-0.15, -0.1) is 0 Å². The summed E-state index contributed by atoms with van der Waals surface area (Å²) in [6, 6.07) is 7.26. The zero-order chi connectivity index (χ0) is 10.7. The summed E-state index contributed by atoms with van der Waals surface area (Å²) in [4.78, 5) is 11.2. The number of benzene rings is 1. The van der Waals surface area contributed by atoms with Crippen molar-refractivity contribution in [2.75, 3.05) is 5.32 Å². The molecule has 1 aromatic heterocycles. The Kier molecular flexibility index (Phi) is 2.33. The molecule has 0 atom stereocenters. The van der Waals surface area contributed by atoms with Crippen LogP contribution in [0.15, 0.2) is 24.4 Å². The summed E-state index contributed by atoms with van der Waals surface area (Å²) in [6.45, 7) is 0. The third kappa shape index (κ3) is 1.79. The molecule has 0 saturated carbocycles. The van der Waals surface area contributed by atoms with Crippen LogP contribution in [-0.2, 0) is 4.79 Å². The number of aromatic amines is 1. The number of hydrogen-bond acceptors (Lipinski definition) is 3. The van der Waals surface area contributed by atoms with Crippen LogP contribution in [0.2, 0.25) is 0 Å². The van der Waals surface area contributed by atoms with Crippen LogP contribution >= 0.6 is 0 Å². The van der Waals surface area contributed by atoms with Gasteiger partial charge in [-0.25, -0.2) is 0 Å². The largest absolute Gasteiger partial charge is 0.323 e. The summed E-state index contributed by atoms with van der Waals surface area (Å²) in [5.74, 6) is -0.320. The minimum Gasteiger partial charge on any atom is -0.323 e. The smallest absolute Gasteiger partial charge is 0.238 e. The molecule has 0 aliphatic heterocycles. The number of carbonyl (C=O) groups is 1. The van der Waals surface area contributed by atoms with Crippen LogP contribution < -0.4 is 5.32 Å². The highest BCUT2D eigenvalue weighted by atomic mass is 16.1. The maximum absolute atomic E-state index is 11.2. The van der Waals surface area contributed by atoms with Gasteiger partial charge in [0, 0.05) is 5.39 Å². The molecule has 15 heavy (non-hydrogen) atoms. The van der Waals surface area contributed by atoms with E-state index in [4.69, 9.17) is 5.26 Å². The van der Waals surface area contributed by atoms with Crippen LogP contribution in [0.1, 0.15) is 6.42 Å². The van der Waals surface area contributed by atoms with E-state index in [1.54, 1.807) is 18.3 Å². The number of nitriles is 1. The number of hydrogen-bond donors (Lipinski definition) is 2. The van der Waals surface area contributed by atoms with Crippen molar-refractivity contribution in [3.05, 3.63) is 24.4 Å². The topological polar surface area (TPSA) is 81.6 Å². The van der Waals surface area contributed by atoms with Crippen LogP contribution in [0.5, 0.6) is 0 Å². The Morgan fingerprint density at radius 2 is 2.47 bits per heavy atom. The molecule has 0 radical (unpaired) electrons. The van der Waals surface area contributed by atoms with E-state index in [0.717, 1.165) is 10.9 Å². The molecular formula is C10H8N4O. The Bertz CT molecular complexity index is 538. The summed E-state index contributed by atoms with van der Waals surface area (Å²) < 4.78 is 0. The summed E-state index contributed by atoms with van der Waals surface area (Å²) >= 11 is 0. The van der Waals surface area contributed by atoms with Crippen LogP contribution in [0.4, 0.5) is 5.69 Å². The molecule has 74 valence electrons. The van der Waals surface area contributed by atoms with E-state index in [-0.39, 0.29) is 12.3 Å². The number of anilines is 1. The van der Waals surface area contributed by atoms with Crippen molar-refractivity contribution in [3.8, 4) is 6.07 Å². The predicted molar refractivity (Wildman–Crippen MR) is 55.0 cm³/mol. The Morgan fingerprint density at radius 3 is 3.27 bits per heavy atom. The van der Waals surface area contributed by atoms with Crippen molar-refractivity contribution in [2.24, 2.45) is 0 Å². The highest BCUT2D eigenvalue weighted by Gasteiger charge is 2.05. The van der Waals surface area contributed by atoms with Gasteiger partial charge in [0.05, 0.1) is 23.5 Å². The van der Waals surface area contributed by atoms with E-state index in [0.29, 0.717) is 5.69 Å². The average Bonchev–Trinajstić information content (AvgIpc) is 2.67. The number of carbonyl (C=O) groups excluding carboxylic acids is 1. The van der Waals surface area contributed by atoms with Gasteiger partial charge in [0.25, 0.3) is 0 Å². The van der Waals surface area contributed by atoms with Gasteiger partial charge in [-0.3, -0.25) is 9.89 Å². The predicted octanol–water partition coefficient (Wildman–Crippen LogP) is 1.42. The molecule has 1 heterocycles. The summed E-state index contributed by atoms with van der Waals surface area (Å²) in [7, 11) is 0. The maximum atomic E-state index is 11.2. The number of nitrogens with zero attached hydrogens (tertiary/aromatic N) is 2. The van der Waals surface area contributed by atoms with Gasteiger partial charge in [0.1, 0.15) is 6.42 Å². The molecule has 5 nitrogen and oxygen atoms in total. The molecule has 2 rings (SSSR count). The molecule has 0 saturated heterocycles. The molecule has 1 amide bonds. The van der Waals surface area contributed by atoms with E-state index in [2.05, 4.69) is 15.5 Å². The zero-order valence-corrected chi connectivity index (χ0v) is 7.82. The number of H-pyrrole nitrogens is 1. The third-order valence-corrected chi connectivity index (χ3v) is 1.99. The molecular weight excluding hydrogens is 192 g/mol. The lowest BCUT2D eigenvalue weighted by molar-refractivity contribution is -0.115. The SMILES string of the molecule is N#CCC(=O)Nc1cccc2cn[nH]c12. The minimum absolute atomic E-state index is 0.148. The summed E-state index contributed by atoms with van der Waals surface area (Å²) in [6.07, 6.45) is 1.53. The summed E-state index contributed by atoms with van der Waals surface area (Å²) in [5.41, 5.74) is 1.41. The lowest BCUT2D eigenvalue weighted by atomic mass is 10.2. The van der Waals surface area contributed by atoms with Crippen LogP contribution in [0.25, 0.3) is 10.9 Å². The number of amides is 1. The van der Waals surface area contributed by atoms with Gasteiger partial charge in [0.15, 0.2) is 0 Å². The number of aromatic nitrogens is 2. The molecule has 0 spiro atoms. The molecule has 0 unspecified atom stereocenters. The van der Waals surface area contributed by atoms with E-state index in [9.17, 15) is 4.79 Å². The average molecular weight is 200 g/mol. The molecule has 0 fully saturated rings. The second kappa shape index (κ2) is 3.80. The molecule has 2 aromatic rings. The summed E-state index contributed by atoms with van der Waals surface area (Å²) in [5, 5.41) is 18.6. The van der Waals surface area contributed by atoms with E-state index >= 15 is 0 Å². The van der Waals surface area contributed by atoms with Crippen molar-refractivity contribution in [3.63, 3.8) is 0 Å². The Morgan fingerprint density at radius 1 is 1.60 bits per heavy atom. The number of para-hydroxylation sites is 1. The number of fused-ring (bicyclic) bond motifs is 1. The highest BCUT2D eigenvalue weighted by Crippen LogP contribution is 2.20. The van der Waals surface area contributed by atoms with Gasteiger partial charge >= 0.3 is 0 Å². The lowest BCUT2D eigenvalue weighted by Crippen LogP contribution is -2.10. The first-order valence-electron chi connectivity index (χ1n) is 4.40. The first-order chi connectivity index (χ1) is 7.31. The number of nitrogens with one attached hydrogen (secondary N) is 2. The van der Waals surface area contributed by atoms with Crippen LogP contribution in [0.3, 0.4) is 0 Å². The minimum atomic E-state index is -0.320. The van der Waals surface area contributed by atoms with Gasteiger partial charge in [-0.2, -0.15) is 10.4 Å². The monoisotopic (exact) mass is 200 g/mol. The third-order valence-electron chi connectivity index (χ3n) is 1.99. The van der Waals surface area contributed by atoms with E-state index in [1.807, 2.05) is 12.1 Å². The van der Waals surface area contributed by atoms with Crippen LogP contribution in [0, 0.1) is 11.3 Å². The Hall–Kier alpha value is -2.35. The maximum Gasteiger partial charge on any atom is 0.238 e. The fourth-order valence-electron chi connectivity index (χ4n) is 1.34.